The molecule has 21 heavy (non-hydrogen) atoms. The molecule has 2 atom stereocenters. The van der Waals surface area contributed by atoms with Crippen LogP contribution in [0.4, 0.5) is 0 Å². The standard InChI is InChI=1S/C19H23NS/c1-20-17(11-15-10-13-6-2-4-8-16(13)15)19-12-14-7-3-5-9-18(14)21-19/h2,4,6,8,12,15,17,20H,3,5,7,9-11H2,1H3. The van der Waals surface area contributed by atoms with Gasteiger partial charge in [-0.25, -0.2) is 0 Å². The van der Waals surface area contributed by atoms with Gasteiger partial charge >= 0.3 is 0 Å². The van der Waals surface area contributed by atoms with Crippen LogP contribution in [0.3, 0.4) is 0 Å². The summed E-state index contributed by atoms with van der Waals surface area (Å²) in [5, 5.41) is 3.57. The molecule has 1 N–H and O–H groups in total. The van der Waals surface area contributed by atoms with Crippen molar-refractivity contribution in [2.75, 3.05) is 7.05 Å². The average Bonchev–Trinajstić information content (AvgIpc) is 2.92. The highest BCUT2D eigenvalue weighted by atomic mass is 32.1. The maximum absolute atomic E-state index is 3.57. The summed E-state index contributed by atoms with van der Waals surface area (Å²) in [4.78, 5) is 3.22. The van der Waals surface area contributed by atoms with Gasteiger partial charge in [0.1, 0.15) is 0 Å². The Labute approximate surface area is 131 Å². The Morgan fingerprint density at radius 1 is 1.19 bits per heavy atom. The molecular formula is C19H23NS. The molecule has 0 spiro atoms. The Balaban J connectivity index is 1.52. The van der Waals surface area contributed by atoms with Gasteiger partial charge in [0.05, 0.1) is 0 Å². The second-order valence-corrected chi connectivity index (χ2v) is 7.65. The van der Waals surface area contributed by atoms with E-state index in [1.807, 2.05) is 0 Å². The maximum atomic E-state index is 3.57. The molecule has 2 unspecified atom stereocenters. The molecule has 1 aromatic carbocycles. The van der Waals surface area contributed by atoms with Crippen molar-refractivity contribution < 1.29 is 0 Å². The van der Waals surface area contributed by atoms with Crippen molar-refractivity contribution in [2.24, 2.45) is 0 Å². The highest BCUT2D eigenvalue weighted by molar-refractivity contribution is 7.12. The monoisotopic (exact) mass is 297 g/mol. The summed E-state index contributed by atoms with van der Waals surface area (Å²) in [7, 11) is 2.12. The molecule has 2 aromatic rings. The summed E-state index contributed by atoms with van der Waals surface area (Å²) < 4.78 is 0. The van der Waals surface area contributed by atoms with Crippen LogP contribution in [-0.4, -0.2) is 7.05 Å². The van der Waals surface area contributed by atoms with Crippen LogP contribution in [0.15, 0.2) is 30.3 Å². The van der Waals surface area contributed by atoms with E-state index in [4.69, 9.17) is 0 Å². The number of benzene rings is 1. The predicted octanol–water partition coefficient (Wildman–Crippen LogP) is 4.62. The van der Waals surface area contributed by atoms with Gasteiger partial charge in [0, 0.05) is 15.8 Å². The van der Waals surface area contributed by atoms with Crippen molar-refractivity contribution in [1.29, 1.82) is 0 Å². The van der Waals surface area contributed by atoms with Crippen molar-refractivity contribution in [1.82, 2.24) is 5.32 Å². The summed E-state index contributed by atoms with van der Waals surface area (Å²) in [5.74, 6) is 0.748. The van der Waals surface area contributed by atoms with E-state index in [2.05, 4.69) is 54.0 Å². The van der Waals surface area contributed by atoms with E-state index < -0.39 is 0 Å². The molecule has 2 aliphatic rings. The normalized spacial score (nSPS) is 21.3. The molecule has 0 radical (unpaired) electrons. The molecule has 4 rings (SSSR count). The summed E-state index contributed by atoms with van der Waals surface area (Å²) in [6, 6.07) is 12.0. The van der Waals surface area contributed by atoms with Crippen LogP contribution >= 0.6 is 11.3 Å². The Hall–Kier alpha value is -1.12. The molecule has 1 nitrogen and oxygen atoms in total. The molecule has 0 bridgehead atoms. The Morgan fingerprint density at radius 3 is 2.86 bits per heavy atom. The van der Waals surface area contributed by atoms with Crippen molar-refractivity contribution in [3.8, 4) is 0 Å². The zero-order valence-corrected chi connectivity index (χ0v) is 13.5. The Kier molecular flexibility index (Phi) is 3.60. The number of fused-ring (bicyclic) bond motifs is 2. The maximum Gasteiger partial charge on any atom is 0.0418 e. The highest BCUT2D eigenvalue weighted by Crippen LogP contribution is 2.42. The molecule has 0 saturated heterocycles. The molecule has 0 saturated carbocycles. The van der Waals surface area contributed by atoms with Crippen molar-refractivity contribution in [2.45, 2.75) is 50.5 Å². The van der Waals surface area contributed by atoms with E-state index in [9.17, 15) is 0 Å². The third kappa shape index (κ3) is 2.45. The first-order chi connectivity index (χ1) is 10.3. The molecule has 110 valence electrons. The molecule has 2 aliphatic carbocycles. The van der Waals surface area contributed by atoms with E-state index in [0.717, 1.165) is 5.92 Å². The largest absolute Gasteiger partial charge is 0.312 e. The van der Waals surface area contributed by atoms with Crippen molar-refractivity contribution >= 4 is 11.3 Å². The van der Waals surface area contributed by atoms with Crippen molar-refractivity contribution in [3.63, 3.8) is 0 Å². The van der Waals surface area contributed by atoms with Gasteiger partial charge in [-0.1, -0.05) is 24.3 Å². The first-order valence-electron chi connectivity index (χ1n) is 8.21. The minimum Gasteiger partial charge on any atom is -0.312 e. The third-order valence-electron chi connectivity index (χ3n) is 5.19. The molecule has 2 heteroatoms. The smallest absolute Gasteiger partial charge is 0.0418 e. The van der Waals surface area contributed by atoms with Gasteiger partial charge in [-0.05, 0) is 74.2 Å². The van der Waals surface area contributed by atoms with Gasteiger partial charge in [0.15, 0.2) is 0 Å². The lowest BCUT2D eigenvalue weighted by Crippen LogP contribution is -2.24. The molecular weight excluding hydrogens is 274 g/mol. The second kappa shape index (κ2) is 5.58. The Morgan fingerprint density at radius 2 is 2.05 bits per heavy atom. The van der Waals surface area contributed by atoms with Gasteiger partial charge < -0.3 is 5.32 Å². The lowest BCUT2D eigenvalue weighted by molar-refractivity contribution is 0.457. The van der Waals surface area contributed by atoms with Gasteiger partial charge in [0.25, 0.3) is 0 Å². The van der Waals surface area contributed by atoms with Crippen LogP contribution in [0.1, 0.15) is 57.7 Å². The molecule has 0 amide bonds. The van der Waals surface area contributed by atoms with Gasteiger partial charge in [-0.15, -0.1) is 11.3 Å². The first-order valence-corrected chi connectivity index (χ1v) is 9.03. The molecule has 1 heterocycles. The zero-order chi connectivity index (χ0) is 14.2. The Bertz CT molecular complexity index is 619. The van der Waals surface area contributed by atoms with E-state index in [1.54, 1.807) is 26.4 Å². The number of hydrogen-bond donors (Lipinski definition) is 1. The highest BCUT2D eigenvalue weighted by Gasteiger charge is 2.29. The van der Waals surface area contributed by atoms with E-state index in [0.29, 0.717) is 6.04 Å². The predicted molar refractivity (Wildman–Crippen MR) is 90.3 cm³/mol. The lowest BCUT2D eigenvalue weighted by atomic mass is 9.74. The SMILES string of the molecule is CNC(CC1Cc2ccccc21)c1cc2c(s1)CCCC2. The fraction of sp³-hybridized carbons (Fsp3) is 0.474. The number of aryl methyl sites for hydroxylation is 2. The summed E-state index contributed by atoms with van der Waals surface area (Å²) in [6.45, 7) is 0. The minimum atomic E-state index is 0.527. The fourth-order valence-corrected chi connectivity index (χ4v) is 5.30. The van der Waals surface area contributed by atoms with Gasteiger partial charge in [0.2, 0.25) is 0 Å². The van der Waals surface area contributed by atoms with Crippen LogP contribution < -0.4 is 5.32 Å². The second-order valence-electron chi connectivity index (χ2n) is 6.48. The quantitative estimate of drug-likeness (QED) is 0.868. The van der Waals surface area contributed by atoms with Gasteiger partial charge in [-0.2, -0.15) is 0 Å². The topological polar surface area (TPSA) is 12.0 Å². The summed E-state index contributed by atoms with van der Waals surface area (Å²) in [6.07, 6.45) is 7.88. The van der Waals surface area contributed by atoms with Crippen LogP contribution in [0.5, 0.6) is 0 Å². The number of hydrogen-bond acceptors (Lipinski definition) is 2. The van der Waals surface area contributed by atoms with Crippen LogP contribution in [0.25, 0.3) is 0 Å². The first kappa shape index (κ1) is 13.5. The third-order valence-corrected chi connectivity index (χ3v) is 6.54. The number of thiophene rings is 1. The van der Waals surface area contributed by atoms with E-state index in [-0.39, 0.29) is 0 Å². The fourth-order valence-electron chi connectivity index (χ4n) is 3.92. The number of rotatable bonds is 4. The zero-order valence-electron chi connectivity index (χ0n) is 12.7. The van der Waals surface area contributed by atoms with Crippen LogP contribution in [-0.2, 0) is 19.3 Å². The molecule has 0 fully saturated rings. The van der Waals surface area contributed by atoms with Crippen molar-refractivity contribution in [3.05, 3.63) is 56.8 Å². The number of nitrogens with one attached hydrogen (secondary N) is 1. The average molecular weight is 297 g/mol. The van der Waals surface area contributed by atoms with E-state index in [1.165, 1.54) is 38.5 Å². The lowest BCUT2D eigenvalue weighted by Gasteiger charge is -2.32. The van der Waals surface area contributed by atoms with E-state index >= 15 is 0 Å². The molecule has 0 aliphatic heterocycles. The molecule has 1 aromatic heterocycles. The van der Waals surface area contributed by atoms with Crippen LogP contribution in [0.2, 0.25) is 0 Å². The minimum absolute atomic E-state index is 0.527. The summed E-state index contributed by atoms with van der Waals surface area (Å²) in [5.41, 5.74) is 4.78. The summed E-state index contributed by atoms with van der Waals surface area (Å²) >= 11 is 2.06. The van der Waals surface area contributed by atoms with Gasteiger partial charge in [-0.3, -0.25) is 0 Å². The van der Waals surface area contributed by atoms with Crippen LogP contribution in [0, 0.1) is 0 Å².